The highest BCUT2D eigenvalue weighted by Gasteiger charge is 2.28. The van der Waals surface area contributed by atoms with Crippen LogP contribution in [0.1, 0.15) is 55.9 Å². The van der Waals surface area contributed by atoms with Crippen molar-refractivity contribution in [2.75, 3.05) is 25.5 Å². The Bertz CT molecular complexity index is 1500. The molecule has 12 heteroatoms. The number of rotatable bonds is 7. The normalized spacial score (nSPS) is 18.7. The lowest BCUT2D eigenvalue weighted by atomic mass is 10.0. The van der Waals surface area contributed by atoms with Gasteiger partial charge in [0.15, 0.2) is 0 Å². The van der Waals surface area contributed by atoms with Crippen molar-refractivity contribution >= 4 is 23.3 Å². The lowest BCUT2D eigenvalue weighted by Gasteiger charge is -2.33. The average molecular weight is 536 g/mol. The number of allylic oxidation sites excluding steroid dienone is 1. The van der Waals surface area contributed by atoms with Crippen LogP contribution in [0.2, 0.25) is 0 Å². The number of carbonyl (C=O) groups is 1. The number of carbonyl (C=O) groups excluding carboxylic acids is 1. The number of fused-ring (bicyclic) bond motifs is 1. The SMILES string of the molecule is C/C=C/c1c(-c2noc(CNC(=O)c3cnn(C(C)(C)C)c3)n2)nn2c(N[C@@H]3CCN(C)C[C@@H]3F)cccc12. The molecule has 1 aliphatic heterocycles. The summed E-state index contributed by atoms with van der Waals surface area (Å²) < 4.78 is 23.7. The van der Waals surface area contributed by atoms with Crippen molar-refractivity contribution in [3.05, 3.63) is 53.7 Å². The zero-order chi connectivity index (χ0) is 27.7. The molecule has 2 atom stereocenters. The van der Waals surface area contributed by atoms with Crippen molar-refractivity contribution in [2.45, 2.75) is 58.4 Å². The highest BCUT2D eigenvalue weighted by molar-refractivity contribution is 5.93. The summed E-state index contributed by atoms with van der Waals surface area (Å²) in [7, 11) is 1.93. The first-order valence-electron chi connectivity index (χ1n) is 13.0. The maximum atomic E-state index is 14.7. The largest absolute Gasteiger partial charge is 0.364 e. The molecule has 0 radical (unpaired) electrons. The quantitative estimate of drug-likeness (QED) is 0.367. The smallest absolute Gasteiger partial charge is 0.254 e. The Kier molecular flexibility index (Phi) is 7.21. The number of alkyl halides is 1. The van der Waals surface area contributed by atoms with Crippen LogP contribution in [0.3, 0.4) is 0 Å². The number of halogens is 1. The molecule has 1 amide bonds. The number of nitrogens with one attached hydrogen (secondary N) is 2. The monoisotopic (exact) mass is 535 g/mol. The van der Waals surface area contributed by atoms with E-state index in [-0.39, 0.29) is 29.9 Å². The molecule has 206 valence electrons. The van der Waals surface area contributed by atoms with Crippen molar-refractivity contribution in [3.8, 4) is 11.5 Å². The Morgan fingerprint density at radius 1 is 1.31 bits per heavy atom. The van der Waals surface area contributed by atoms with Gasteiger partial charge >= 0.3 is 0 Å². The second kappa shape index (κ2) is 10.6. The van der Waals surface area contributed by atoms with Gasteiger partial charge in [-0.15, -0.1) is 0 Å². The molecule has 0 aromatic carbocycles. The van der Waals surface area contributed by atoms with E-state index in [0.717, 1.165) is 17.6 Å². The minimum atomic E-state index is -0.984. The molecule has 11 nitrogen and oxygen atoms in total. The first-order valence-corrected chi connectivity index (χ1v) is 13.0. The maximum Gasteiger partial charge on any atom is 0.254 e. The molecule has 1 saturated heterocycles. The minimum absolute atomic E-state index is 0.0552. The molecule has 0 aliphatic carbocycles. The van der Waals surface area contributed by atoms with Crippen molar-refractivity contribution in [1.82, 2.24) is 39.8 Å². The Labute approximate surface area is 226 Å². The number of piperidine rings is 1. The molecular weight excluding hydrogens is 501 g/mol. The zero-order valence-corrected chi connectivity index (χ0v) is 22.8. The summed E-state index contributed by atoms with van der Waals surface area (Å²) in [6.45, 7) is 9.21. The fraction of sp³-hybridized carbons (Fsp3) is 0.444. The molecule has 4 aromatic rings. The summed E-state index contributed by atoms with van der Waals surface area (Å²) in [5.74, 6) is 0.942. The predicted molar refractivity (Wildman–Crippen MR) is 146 cm³/mol. The van der Waals surface area contributed by atoms with Gasteiger partial charge in [0.1, 0.15) is 17.7 Å². The highest BCUT2D eigenvalue weighted by Crippen LogP contribution is 2.29. The fourth-order valence-electron chi connectivity index (χ4n) is 4.59. The van der Waals surface area contributed by atoms with Crippen LogP contribution in [0.5, 0.6) is 0 Å². The summed E-state index contributed by atoms with van der Waals surface area (Å²) in [6, 6.07) is 5.43. The Morgan fingerprint density at radius 3 is 2.85 bits per heavy atom. The lowest BCUT2D eigenvalue weighted by molar-refractivity contribution is 0.0946. The van der Waals surface area contributed by atoms with Crippen LogP contribution < -0.4 is 10.6 Å². The van der Waals surface area contributed by atoms with Gasteiger partial charge in [-0.25, -0.2) is 8.91 Å². The fourth-order valence-corrected chi connectivity index (χ4v) is 4.59. The van der Waals surface area contributed by atoms with Crippen LogP contribution in [0, 0.1) is 0 Å². The topological polar surface area (TPSA) is 118 Å². The molecule has 2 N–H and O–H groups in total. The van der Waals surface area contributed by atoms with Crippen molar-refractivity contribution < 1.29 is 13.7 Å². The van der Waals surface area contributed by atoms with Crippen molar-refractivity contribution in [2.24, 2.45) is 0 Å². The predicted octanol–water partition coefficient (Wildman–Crippen LogP) is 3.75. The van der Waals surface area contributed by atoms with Gasteiger partial charge in [-0.2, -0.15) is 15.2 Å². The molecular formula is C27H34FN9O2. The van der Waals surface area contributed by atoms with Gasteiger partial charge in [0.25, 0.3) is 5.91 Å². The van der Waals surface area contributed by atoms with Gasteiger partial charge in [-0.1, -0.05) is 23.4 Å². The third-order valence-corrected chi connectivity index (χ3v) is 6.72. The van der Waals surface area contributed by atoms with E-state index in [0.29, 0.717) is 35.9 Å². The Balaban J connectivity index is 1.36. The van der Waals surface area contributed by atoms with Crippen LogP contribution in [0.25, 0.3) is 23.1 Å². The first kappa shape index (κ1) is 26.5. The third-order valence-electron chi connectivity index (χ3n) is 6.72. The van der Waals surface area contributed by atoms with Crippen LogP contribution >= 0.6 is 0 Å². The minimum Gasteiger partial charge on any atom is -0.364 e. The number of likely N-dealkylation sites (tertiary alicyclic amines) is 1. The molecule has 1 fully saturated rings. The number of anilines is 1. The second-order valence-corrected chi connectivity index (χ2v) is 10.8. The van der Waals surface area contributed by atoms with E-state index in [1.807, 2.05) is 70.0 Å². The molecule has 39 heavy (non-hydrogen) atoms. The third kappa shape index (κ3) is 5.56. The van der Waals surface area contributed by atoms with Gasteiger partial charge in [0, 0.05) is 24.8 Å². The summed E-state index contributed by atoms with van der Waals surface area (Å²) in [6.07, 6.45) is 6.79. The summed E-state index contributed by atoms with van der Waals surface area (Å²) >= 11 is 0. The summed E-state index contributed by atoms with van der Waals surface area (Å²) in [5, 5.41) is 19.3. The Hall–Kier alpha value is -4.06. The number of amides is 1. The van der Waals surface area contributed by atoms with E-state index in [1.165, 1.54) is 6.20 Å². The Morgan fingerprint density at radius 2 is 2.13 bits per heavy atom. The number of aromatic nitrogens is 6. The van der Waals surface area contributed by atoms with Crippen LogP contribution in [0.4, 0.5) is 10.2 Å². The van der Waals surface area contributed by atoms with Crippen molar-refractivity contribution in [3.63, 3.8) is 0 Å². The standard InChI is InChI=1S/C27H34FN9O2/c1-6-8-18-21-9-7-10-22(31-20-11-12-35(5)16-19(20)28)37(21)33-24(18)25-32-23(39-34-25)14-29-26(38)17-13-30-36(15-17)27(2,3)4/h6-10,13,15,19-20,31H,11-12,14,16H2,1-5H3,(H,29,38)/b8-6+/t19-,20+/m0/s1. The number of hydrogen-bond acceptors (Lipinski definition) is 8. The van der Waals surface area contributed by atoms with E-state index >= 15 is 0 Å². The zero-order valence-electron chi connectivity index (χ0n) is 22.8. The summed E-state index contributed by atoms with van der Waals surface area (Å²) in [4.78, 5) is 19.1. The first-order chi connectivity index (χ1) is 18.6. The van der Waals surface area contributed by atoms with Gasteiger partial charge < -0.3 is 20.1 Å². The van der Waals surface area contributed by atoms with Crippen LogP contribution in [-0.2, 0) is 12.1 Å². The van der Waals surface area contributed by atoms with Gasteiger partial charge in [-0.3, -0.25) is 9.48 Å². The lowest BCUT2D eigenvalue weighted by Crippen LogP contribution is -2.46. The molecule has 5 rings (SSSR count). The van der Waals surface area contributed by atoms with Gasteiger partial charge in [0.2, 0.25) is 11.7 Å². The van der Waals surface area contributed by atoms with Gasteiger partial charge in [0.05, 0.1) is 35.4 Å². The van der Waals surface area contributed by atoms with E-state index < -0.39 is 6.17 Å². The number of hydrogen-bond donors (Lipinski definition) is 2. The molecule has 0 spiro atoms. The molecule has 0 saturated carbocycles. The molecule has 0 bridgehead atoms. The second-order valence-electron chi connectivity index (χ2n) is 10.8. The van der Waals surface area contributed by atoms with Crippen LogP contribution in [-0.4, -0.2) is 72.7 Å². The maximum absolute atomic E-state index is 14.7. The van der Waals surface area contributed by atoms with E-state index in [4.69, 9.17) is 9.62 Å². The van der Waals surface area contributed by atoms with Gasteiger partial charge in [-0.05, 0) is 53.3 Å². The average Bonchev–Trinajstić information content (AvgIpc) is 3.64. The molecule has 1 aliphatic rings. The number of nitrogens with zero attached hydrogens (tertiary/aromatic N) is 7. The number of pyridine rings is 1. The molecule has 4 aromatic heterocycles. The van der Waals surface area contributed by atoms with E-state index in [2.05, 4.69) is 25.9 Å². The van der Waals surface area contributed by atoms with E-state index in [9.17, 15) is 9.18 Å². The van der Waals surface area contributed by atoms with Crippen LogP contribution in [0.15, 0.2) is 41.2 Å². The van der Waals surface area contributed by atoms with E-state index in [1.54, 1.807) is 15.4 Å². The summed E-state index contributed by atoms with van der Waals surface area (Å²) in [5.41, 5.74) is 2.38. The molecule has 0 unspecified atom stereocenters. The van der Waals surface area contributed by atoms with Crippen molar-refractivity contribution in [1.29, 1.82) is 0 Å². The molecule has 5 heterocycles. The highest BCUT2D eigenvalue weighted by atomic mass is 19.1.